The van der Waals surface area contributed by atoms with Gasteiger partial charge in [-0.2, -0.15) is 0 Å². The molecule has 0 atom stereocenters. The van der Waals surface area contributed by atoms with Gasteiger partial charge in [-0.15, -0.1) is 0 Å². The van der Waals surface area contributed by atoms with Gasteiger partial charge in [-0.05, 0) is 18.2 Å². The van der Waals surface area contributed by atoms with E-state index < -0.39 is 0 Å². The molecular formula is C20H26N6O. The highest BCUT2D eigenvalue weighted by Gasteiger charge is 2.18. The molecule has 7 heteroatoms. The molecule has 1 aromatic carbocycles. The second kappa shape index (κ2) is 7.94. The molecule has 3 N–H and O–H groups in total. The van der Waals surface area contributed by atoms with Crippen molar-refractivity contribution in [2.24, 2.45) is 4.99 Å². The number of aliphatic hydroxyl groups is 1. The number of hydrogen-bond donors (Lipinski definition) is 3. The van der Waals surface area contributed by atoms with Crippen molar-refractivity contribution in [3.63, 3.8) is 0 Å². The predicted molar refractivity (Wildman–Crippen MR) is 110 cm³/mol. The van der Waals surface area contributed by atoms with Crippen LogP contribution in [0.3, 0.4) is 0 Å². The molecule has 2 aliphatic heterocycles. The number of aromatic nitrogens is 1. The smallest absolute Gasteiger partial charge is 0.133 e. The molecule has 27 heavy (non-hydrogen) atoms. The van der Waals surface area contributed by atoms with Gasteiger partial charge < -0.3 is 25.5 Å². The Hall–Kier alpha value is -2.64. The number of nitrogens with one attached hydrogen (secondary N) is 2. The summed E-state index contributed by atoms with van der Waals surface area (Å²) in [6, 6.07) is 10.6. The van der Waals surface area contributed by atoms with Crippen LogP contribution in [0.15, 0.2) is 35.3 Å². The number of aliphatic imine (C=N–C) groups is 1. The Labute approximate surface area is 159 Å². The molecule has 0 spiro atoms. The van der Waals surface area contributed by atoms with E-state index in [1.165, 1.54) is 5.69 Å². The summed E-state index contributed by atoms with van der Waals surface area (Å²) in [6.45, 7) is 5.42. The first-order valence-electron chi connectivity index (χ1n) is 9.44. The SMILES string of the molecule is CN1C=Nc2cc(-c3ccc(N4CCNCC4)cc3)nc(NCCO)c2C1. The highest BCUT2D eigenvalue weighted by atomic mass is 16.3. The molecule has 1 fully saturated rings. The second-order valence-corrected chi connectivity index (χ2v) is 6.95. The molecule has 0 amide bonds. The normalized spacial score (nSPS) is 16.4. The lowest BCUT2D eigenvalue weighted by Crippen LogP contribution is -2.43. The summed E-state index contributed by atoms with van der Waals surface area (Å²) >= 11 is 0. The van der Waals surface area contributed by atoms with Crippen molar-refractivity contribution in [3.8, 4) is 11.3 Å². The molecule has 0 radical (unpaired) electrons. The Kier molecular flexibility index (Phi) is 5.22. The number of hydrogen-bond acceptors (Lipinski definition) is 7. The monoisotopic (exact) mass is 366 g/mol. The maximum atomic E-state index is 9.18. The number of nitrogens with zero attached hydrogens (tertiary/aromatic N) is 4. The van der Waals surface area contributed by atoms with E-state index in [0.29, 0.717) is 6.54 Å². The lowest BCUT2D eigenvalue weighted by atomic mass is 10.1. The van der Waals surface area contributed by atoms with Gasteiger partial charge in [0.05, 0.1) is 24.3 Å². The van der Waals surface area contributed by atoms with E-state index in [-0.39, 0.29) is 6.61 Å². The van der Waals surface area contributed by atoms with E-state index in [1.807, 2.05) is 24.4 Å². The molecule has 4 rings (SSSR count). The molecule has 2 aliphatic rings. The zero-order valence-corrected chi connectivity index (χ0v) is 15.6. The predicted octanol–water partition coefficient (Wildman–Crippen LogP) is 1.67. The molecule has 1 saturated heterocycles. The average Bonchev–Trinajstić information content (AvgIpc) is 2.73. The Morgan fingerprint density at radius 3 is 2.70 bits per heavy atom. The van der Waals surface area contributed by atoms with Crippen LogP contribution in [0.2, 0.25) is 0 Å². The van der Waals surface area contributed by atoms with Crippen LogP contribution in [0.25, 0.3) is 11.3 Å². The van der Waals surface area contributed by atoms with Crippen molar-refractivity contribution in [1.29, 1.82) is 0 Å². The second-order valence-electron chi connectivity index (χ2n) is 6.95. The zero-order chi connectivity index (χ0) is 18.6. The maximum absolute atomic E-state index is 9.18. The molecule has 0 saturated carbocycles. The topological polar surface area (TPSA) is 76.0 Å². The summed E-state index contributed by atoms with van der Waals surface area (Å²) in [7, 11) is 1.99. The van der Waals surface area contributed by atoms with Crippen molar-refractivity contribution in [1.82, 2.24) is 15.2 Å². The van der Waals surface area contributed by atoms with Gasteiger partial charge in [0.15, 0.2) is 0 Å². The third-order valence-corrected chi connectivity index (χ3v) is 4.95. The van der Waals surface area contributed by atoms with Crippen LogP contribution in [0, 0.1) is 0 Å². The van der Waals surface area contributed by atoms with Crippen LogP contribution < -0.4 is 15.5 Å². The summed E-state index contributed by atoms with van der Waals surface area (Å²) in [6.07, 6.45) is 1.84. The van der Waals surface area contributed by atoms with Gasteiger partial charge in [0.1, 0.15) is 5.82 Å². The minimum absolute atomic E-state index is 0.0686. The van der Waals surface area contributed by atoms with Crippen LogP contribution in [0.5, 0.6) is 0 Å². The van der Waals surface area contributed by atoms with E-state index in [1.54, 1.807) is 0 Å². The van der Waals surface area contributed by atoms with Gasteiger partial charge in [-0.1, -0.05) is 12.1 Å². The standard InChI is InChI=1S/C20H26N6O/c1-25-13-17-19(23-14-25)12-18(24-20(17)22-8-11-27)15-2-4-16(5-3-15)26-9-6-21-7-10-26/h2-5,12,14,21,27H,6-11,13H2,1H3,(H,22,24). The van der Waals surface area contributed by atoms with Gasteiger partial charge in [-0.3, -0.25) is 0 Å². The molecule has 142 valence electrons. The molecule has 0 bridgehead atoms. The van der Waals surface area contributed by atoms with Gasteiger partial charge in [0, 0.05) is 63.1 Å². The van der Waals surface area contributed by atoms with E-state index in [0.717, 1.165) is 61.0 Å². The Bertz CT molecular complexity index is 814. The molecular weight excluding hydrogens is 340 g/mol. The molecule has 1 aromatic heterocycles. The maximum Gasteiger partial charge on any atom is 0.133 e. The first kappa shape index (κ1) is 17.8. The first-order valence-corrected chi connectivity index (χ1v) is 9.44. The van der Waals surface area contributed by atoms with Crippen molar-refractivity contribution in [2.45, 2.75) is 6.54 Å². The first-order chi connectivity index (χ1) is 13.2. The molecule has 2 aromatic rings. The number of fused-ring (bicyclic) bond motifs is 1. The van der Waals surface area contributed by atoms with Crippen LogP contribution in [0.4, 0.5) is 17.2 Å². The molecule has 0 unspecified atom stereocenters. The Morgan fingerprint density at radius 2 is 1.96 bits per heavy atom. The lowest BCUT2D eigenvalue weighted by Gasteiger charge is -2.29. The summed E-state index contributed by atoms with van der Waals surface area (Å²) in [5.74, 6) is 0.798. The summed E-state index contributed by atoms with van der Waals surface area (Å²) < 4.78 is 0. The number of benzene rings is 1. The summed E-state index contributed by atoms with van der Waals surface area (Å²) in [5.41, 5.74) is 5.21. The fourth-order valence-electron chi connectivity index (χ4n) is 3.51. The average molecular weight is 366 g/mol. The van der Waals surface area contributed by atoms with Gasteiger partial charge >= 0.3 is 0 Å². The number of aliphatic hydroxyl groups excluding tert-OH is 1. The highest BCUT2D eigenvalue weighted by Crippen LogP contribution is 2.34. The Morgan fingerprint density at radius 1 is 1.19 bits per heavy atom. The minimum Gasteiger partial charge on any atom is -0.395 e. The van der Waals surface area contributed by atoms with Crippen LogP contribution >= 0.6 is 0 Å². The quantitative estimate of drug-likeness (QED) is 0.747. The van der Waals surface area contributed by atoms with E-state index in [2.05, 4.69) is 44.8 Å². The van der Waals surface area contributed by atoms with E-state index in [4.69, 9.17) is 4.98 Å². The zero-order valence-electron chi connectivity index (χ0n) is 15.6. The van der Waals surface area contributed by atoms with Crippen molar-refractivity contribution >= 4 is 23.5 Å². The lowest BCUT2D eigenvalue weighted by molar-refractivity contribution is 0.311. The summed E-state index contributed by atoms with van der Waals surface area (Å²) in [4.78, 5) is 13.8. The van der Waals surface area contributed by atoms with E-state index >= 15 is 0 Å². The molecule has 7 nitrogen and oxygen atoms in total. The third kappa shape index (κ3) is 3.89. The minimum atomic E-state index is 0.0686. The third-order valence-electron chi connectivity index (χ3n) is 4.95. The largest absolute Gasteiger partial charge is 0.395 e. The number of rotatable bonds is 5. The van der Waals surface area contributed by atoms with Crippen molar-refractivity contribution < 1.29 is 5.11 Å². The fourth-order valence-corrected chi connectivity index (χ4v) is 3.51. The van der Waals surface area contributed by atoms with Crippen molar-refractivity contribution in [2.75, 3.05) is 56.6 Å². The van der Waals surface area contributed by atoms with Crippen LogP contribution in [-0.2, 0) is 6.54 Å². The summed E-state index contributed by atoms with van der Waals surface area (Å²) in [5, 5.41) is 15.8. The number of pyridine rings is 1. The fraction of sp³-hybridized carbons (Fsp3) is 0.400. The highest BCUT2D eigenvalue weighted by molar-refractivity contribution is 5.76. The van der Waals surface area contributed by atoms with E-state index in [9.17, 15) is 5.11 Å². The van der Waals surface area contributed by atoms with Crippen molar-refractivity contribution in [3.05, 3.63) is 35.9 Å². The Balaban J connectivity index is 1.64. The van der Waals surface area contributed by atoms with Crippen LogP contribution in [0.1, 0.15) is 5.56 Å². The molecule has 3 heterocycles. The van der Waals surface area contributed by atoms with Gasteiger partial charge in [-0.25, -0.2) is 9.98 Å². The van der Waals surface area contributed by atoms with Gasteiger partial charge in [0.25, 0.3) is 0 Å². The number of piperazine rings is 1. The number of anilines is 2. The molecule has 0 aliphatic carbocycles. The van der Waals surface area contributed by atoms with Crippen LogP contribution in [-0.4, -0.2) is 67.7 Å². The van der Waals surface area contributed by atoms with Gasteiger partial charge in [0.2, 0.25) is 0 Å².